The van der Waals surface area contributed by atoms with E-state index in [0.29, 0.717) is 37.8 Å². The number of amides is 1. The molecule has 1 N–H and O–H groups in total. The molecule has 1 aromatic carbocycles. The van der Waals surface area contributed by atoms with Gasteiger partial charge in [-0.2, -0.15) is 4.31 Å². The van der Waals surface area contributed by atoms with E-state index in [9.17, 15) is 13.2 Å². The number of hydrogen-bond acceptors (Lipinski definition) is 5. The number of aryl methyl sites for hydroxylation is 1. The van der Waals surface area contributed by atoms with Gasteiger partial charge in [-0.3, -0.25) is 4.79 Å². The second-order valence-electron chi connectivity index (χ2n) is 8.44. The van der Waals surface area contributed by atoms with Crippen molar-refractivity contribution in [2.75, 3.05) is 45.9 Å². The molecule has 0 aliphatic carbocycles. The van der Waals surface area contributed by atoms with Crippen molar-refractivity contribution < 1.29 is 17.9 Å². The lowest BCUT2D eigenvalue weighted by Crippen LogP contribution is -2.45. The second kappa shape index (κ2) is 9.55. The summed E-state index contributed by atoms with van der Waals surface area (Å²) >= 11 is 0. The summed E-state index contributed by atoms with van der Waals surface area (Å²) in [5, 5.41) is 3.11. The maximum Gasteiger partial charge on any atom is 0.251 e. The molecule has 2 saturated heterocycles. The zero-order valence-corrected chi connectivity index (χ0v) is 18.5. The highest BCUT2D eigenvalue weighted by Crippen LogP contribution is 2.21. The number of likely N-dealkylation sites (tertiary alicyclic amines) is 1. The first-order valence-corrected chi connectivity index (χ1v) is 11.9. The Labute approximate surface area is 174 Å². The van der Waals surface area contributed by atoms with E-state index in [-0.39, 0.29) is 16.8 Å². The number of benzene rings is 1. The first kappa shape index (κ1) is 22.2. The van der Waals surface area contributed by atoms with E-state index in [1.165, 1.54) is 10.4 Å². The summed E-state index contributed by atoms with van der Waals surface area (Å²) in [6, 6.07) is 4.95. The number of nitrogens with one attached hydrogen (secondary N) is 1. The van der Waals surface area contributed by atoms with Crippen molar-refractivity contribution in [3.05, 3.63) is 29.3 Å². The monoisotopic (exact) mass is 423 g/mol. The van der Waals surface area contributed by atoms with Crippen LogP contribution in [0.4, 0.5) is 0 Å². The van der Waals surface area contributed by atoms with E-state index < -0.39 is 10.0 Å². The predicted molar refractivity (Wildman–Crippen MR) is 113 cm³/mol. The van der Waals surface area contributed by atoms with Gasteiger partial charge < -0.3 is 15.0 Å². The van der Waals surface area contributed by atoms with Crippen LogP contribution in [0.1, 0.15) is 42.6 Å². The van der Waals surface area contributed by atoms with Gasteiger partial charge in [-0.25, -0.2) is 8.42 Å². The van der Waals surface area contributed by atoms with Crippen LogP contribution in [0.5, 0.6) is 0 Å². The number of piperidine rings is 1. The molecule has 7 nitrogen and oxygen atoms in total. The smallest absolute Gasteiger partial charge is 0.251 e. The summed E-state index contributed by atoms with van der Waals surface area (Å²) in [5.74, 6) is 0.448. The third-order valence-electron chi connectivity index (χ3n) is 5.61. The zero-order valence-electron chi connectivity index (χ0n) is 17.7. The Bertz CT molecular complexity index is 811. The maximum absolute atomic E-state index is 12.9. The van der Waals surface area contributed by atoms with Gasteiger partial charge in [-0.1, -0.05) is 19.9 Å². The summed E-state index contributed by atoms with van der Waals surface area (Å²) in [6.07, 6.45) is 1.84. The van der Waals surface area contributed by atoms with Gasteiger partial charge in [-0.15, -0.1) is 0 Å². The summed E-state index contributed by atoms with van der Waals surface area (Å²) in [5.41, 5.74) is 1.21. The summed E-state index contributed by atoms with van der Waals surface area (Å²) < 4.78 is 32.5. The topological polar surface area (TPSA) is 78.9 Å². The third-order valence-corrected chi connectivity index (χ3v) is 7.50. The molecule has 8 heteroatoms. The van der Waals surface area contributed by atoms with Gasteiger partial charge in [0.25, 0.3) is 5.91 Å². The van der Waals surface area contributed by atoms with E-state index in [2.05, 4.69) is 24.1 Å². The van der Waals surface area contributed by atoms with Crippen molar-refractivity contribution in [2.24, 2.45) is 5.92 Å². The van der Waals surface area contributed by atoms with Crippen LogP contribution in [0.15, 0.2) is 23.1 Å². The number of rotatable bonds is 6. The van der Waals surface area contributed by atoms with Crippen LogP contribution in [-0.4, -0.2) is 75.5 Å². The average molecular weight is 424 g/mol. The Kier molecular flexibility index (Phi) is 7.32. The van der Waals surface area contributed by atoms with E-state index in [1.54, 1.807) is 12.1 Å². The molecule has 2 aliphatic rings. The molecule has 0 saturated carbocycles. The standard InChI is InChI=1S/C21H33N3O4S/c1-16(2)15-23-8-6-18(7-9-23)22-21(25)20-14-19(5-4-17(20)3)29(26,27)24-10-12-28-13-11-24/h4-5,14,16,18H,6-13,15H2,1-3H3,(H,22,25). The van der Waals surface area contributed by atoms with Crippen LogP contribution < -0.4 is 5.32 Å². The van der Waals surface area contributed by atoms with Gasteiger partial charge in [0.05, 0.1) is 18.1 Å². The van der Waals surface area contributed by atoms with Gasteiger partial charge >= 0.3 is 0 Å². The highest BCUT2D eigenvalue weighted by atomic mass is 32.2. The van der Waals surface area contributed by atoms with Crippen molar-refractivity contribution in [1.29, 1.82) is 0 Å². The molecule has 162 valence electrons. The lowest BCUT2D eigenvalue weighted by Gasteiger charge is -2.33. The van der Waals surface area contributed by atoms with Gasteiger partial charge in [0, 0.05) is 44.3 Å². The van der Waals surface area contributed by atoms with E-state index in [4.69, 9.17) is 4.74 Å². The van der Waals surface area contributed by atoms with Crippen LogP contribution in [0.25, 0.3) is 0 Å². The molecular formula is C21H33N3O4S. The fraction of sp³-hybridized carbons (Fsp3) is 0.667. The van der Waals surface area contributed by atoms with Gasteiger partial charge in [0.1, 0.15) is 0 Å². The quantitative estimate of drug-likeness (QED) is 0.756. The highest BCUT2D eigenvalue weighted by molar-refractivity contribution is 7.89. The minimum Gasteiger partial charge on any atom is -0.379 e. The molecule has 2 heterocycles. The van der Waals surface area contributed by atoms with Crippen LogP contribution >= 0.6 is 0 Å². The molecule has 0 aromatic heterocycles. The Morgan fingerprint density at radius 1 is 1.17 bits per heavy atom. The average Bonchev–Trinajstić information content (AvgIpc) is 2.70. The number of hydrogen-bond donors (Lipinski definition) is 1. The number of nitrogens with zero attached hydrogens (tertiary/aromatic N) is 2. The van der Waals surface area contributed by atoms with E-state index in [0.717, 1.165) is 38.0 Å². The van der Waals surface area contributed by atoms with Gasteiger partial charge in [0.15, 0.2) is 0 Å². The SMILES string of the molecule is Cc1ccc(S(=O)(=O)N2CCOCC2)cc1C(=O)NC1CCN(CC(C)C)CC1. The van der Waals surface area contributed by atoms with Crippen molar-refractivity contribution in [2.45, 2.75) is 44.6 Å². The molecule has 3 rings (SSSR count). The molecule has 2 aliphatic heterocycles. The Balaban J connectivity index is 1.67. The van der Waals surface area contributed by atoms with E-state index >= 15 is 0 Å². The molecule has 0 radical (unpaired) electrons. The fourth-order valence-corrected chi connectivity index (χ4v) is 5.42. The Morgan fingerprint density at radius 2 is 1.83 bits per heavy atom. The van der Waals surface area contributed by atoms with E-state index in [1.807, 2.05) is 6.92 Å². The van der Waals surface area contributed by atoms with Crippen molar-refractivity contribution in [1.82, 2.24) is 14.5 Å². The first-order chi connectivity index (χ1) is 13.8. The lowest BCUT2D eigenvalue weighted by atomic mass is 10.0. The number of carbonyl (C=O) groups excluding carboxylic acids is 1. The molecule has 0 atom stereocenters. The first-order valence-electron chi connectivity index (χ1n) is 10.5. The molecule has 0 bridgehead atoms. The Hall–Kier alpha value is -1.48. The summed E-state index contributed by atoms with van der Waals surface area (Å²) in [7, 11) is -3.62. The normalized spacial score (nSPS) is 20.1. The predicted octanol–water partition coefficient (Wildman–Crippen LogP) is 1.87. The molecule has 29 heavy (non-hydrogen) atoms. The van der Waals surface area contributed by atoms with Crippen molar-refractivity contribution in [3.8, 4) is 0 Å². The molecule has 0 unspecified atom stereocenters. The minimum atomic E-state index is -3.62. The van der Waals surface area contributed by atoms with Crippen LogP contribution in [0.2, 0.25) is 0 Å². The van der Waals surface area contributed by atoms with Gasteiger partial charge in [-0.05, 0) is 43.4 Å². The Morgan fingerprint density at radius 3 is 2.45 bits per heavy atom. The summed E-state index contributed by atoms with van der Waals surface area (Å²) in [4.78, 5) is 15.5. The number of morpholine rings is 1. The van der Waals surface area contributed by atoms with Crippen molar-refractivity contribution in [3.63, 3.8) is 0 Å². The molecule has 1 amide bonds. The maximum atomic E-state index is 12.9. The third kappa shape index (κ3) is 5.57. The minimum absolute atomic E-state index is 0.129. The van der Waals surface area contributed by atoms with Crippen LogP contribution in [0, 0.1) is 12.8 Å². The van der Waals surface area contributed by atoms with Crippen molar-refractivity contribution >= 4 is 15.9 Å². The number of carbonyl (C=O) groups is 1. The summed E-state index contributed by atoms with van der Waals surface area (Å²) in [6.45, 7) is 10.8. The highest BCUT2D eigenvalue weighted by Gasteiger charge is 2.28. The molecular weight excluding hydrogens is 390 g/mol. The molecule has 0 spiro atoms. The molecule has 1 aromatic rings. The molecule has 2 fully saturated rings. The van der Waals surface area contributed by atoms with Gasteiger partial charge in [0.2, 0.25) is 10.0 Å². The number of sulfonamides is 1. The zero-order chi connectivity index (χ0) is 21.0. The van der Waals surface area contributed by atoms with Crippen LogP contribution in [0.3, 0.4) is 0 Å². The number of ether oxygens (including phenoxy) is 1. The largest absolute Gasteiger partial charge is 0.379 e. The van der Waals surface area contributed by atoms with Crippen LogP contribution in [-0.2, 0) is 14.8 Å². The fourth-order valence-electron chi connectivity index (χ4n) is 3.98. The second-order valence-corrected chi connectivity index (χ2v) is 10.4. The lowest BCUT2D eigenvalue weighted by molar-refractivity contribution is 0.0730.